The zero-order chi connectivity index (χ0) is 21.2. The van der Waals surface area contributed by atoms with Crippen molar-refractivity contribution in [3.05, 3.63) is 77.1 Å². The van der Waals surface area contributed by atoms with Crippen LogP contribution in [0.15, 0.2) is 54.6 Å². The number of para-hydroxylation sites is 1. The number of halogens is 3. The molecular weight excluding hydrogens is 381 g/mol. The van der Waals surface area contributed by atoms with Gasteiger partial charge >= 0.3 is 12.2 Å². The molecule has 1 atom stereocenters. The maximum Gasteiger partial charge on any atom is 0.416 e. The molecule has 0 saturated heterocycles. The molecule has 29 heavy (non-hydrogen) atoms. The lowest BCUT2D eigenvalue weighted by Gasteiger charge is -2.17. The lowest BCUT2D eigenvalue weighted by atomic mass is 10.1. The molecule has 0 fully saturated rings. The minimum atomic E-state index is -4.43. The maximum atomic E-state index is 12.9. The number of urea groups is 1. The molecule has 0 spiro atoms. The average Bonchev–Trinajstić information content (AvgIpc) is 2.96. The van der Waals surface area contributed by atoms with Gasteiger partial charge in [0.15, 0.2) is 0 Å². The smallest absolute Gasteiger partial charge is 0.331 e. The summed E-state index contributed by atoms with van der Waals surface area (Å²) >= 11 is 0. The lowest BCUT2D eigenvalue weighted by Crippen LogP contribution is -2.31. The van der Waals surface area contributed by atoms with Crippen molar-refractivity contribution in [2.75, 3.05) is 5.32 Å². The van der Waals surface area contributed by atoms with Gasteiger partial charge in [-0.25, -0.2) is 9.48 Å². The number of alkyl halides is 3. The van der Waals surface area contributed by atoms with Crippen molar-refractivity contribution < 1.29 is 18.0 Å². The van der Waals surface area contributed by atoms with Gasteiger partial charge in [0, 0.05) is 0 Å². The van der Waals surface area contributed by atoms with E-state index in [2.05, 4.69) is 15.7 Å². The van der Waals surface area contributed by atoms with Gasteiger partial charge in [-0.15, -0.1) is 0 Å². The monoisotopic (exact) mass is 402 g/mol. The van der Waals surface area contributed by atoms with Crippen LogP contribution in [0.1, 0.15) is 35.5 Å². The van der Waals surface area contributed by atoms with Crippen LogP contribution < -0.4 is 10.6 Å². The predicted molar refractivity (Wildman–Crippen MR) is 105 cm³/mol. The van der Waals surface area contributed by atoms with Crippen molar-refractivity contribution in [2.24, 2.45) is 0 Å². The molecule has 0 saturated carbocycles. The number of carbonyl (C=O) groups excluding carboxylic acids is 1. The first-order chi connectivity index (χ1) is 13.7. The van der Waals surface area contributed by atoms with E-state index in [0.717, 1.165) is 23.5 Å². The molecule has 2 aromatic carbocycles. The Morgan fingerprint density at radius 3 is 2.41 bits per heavy atom. The number of hydrogen-bond acceptors (Lipinski definition) is 2. The van der Waals surface area contributed by atoms with Crippen LogP contribution in [0.3, 0.4) is 0 Å². The molecule has 1 unspecified atom stereocenters. The summed E-state index contributed by atoms with van der Waals surface area (Å²) in [4.78, 5) is 12.4. The van der Waals surface area contributed by atoms with Crippen molar-refractivity contribution in [2.45, 2.75) is 33.0 Å². The molecule has 152 valence electrons. The van der Waals surface area contributed by atoms with E-state index in [0.29, 0.717) is 16.9 Å². The summed E-state index contributed by atoms with van der Waals surface area (Å²) in [7, 11) is 0. The zero-order valence-corrected chi connectivity index (χ0v) is 16.2. The summed E-state index contributed by atoms with van der Waals surface area (Å²) in [6.07, 6.45) is -4.43. The average molecular weight is 402 g/mol. The maximum absolute atomic E-state index is 12.9. The van der Waals surface area contributed by atoms with Crippen LogP contribution in [0, 0.1) is 13.8 Å². The summed E-state index contributed by atoms with van der Waals surface area (Å²) in [6.45, 7) is 5.24. The molecule has 2 amide bonds. The Kier molecular flexibility index (Phi) is 5.63. The van der Waals surface area contributed by atoms with Crippen LogP contribution in [0.25, 0.3) is 5.69 Å². The van der Waals surface area contributed by atoms with Crippen LogP contribution in [0.4, 0.5) is 23.7 Å². The van der Waals surface area contributed by atoms with Gasteiger partial charge in [0.05, 0.1) is 34.4 Å². The number of aryl methyl sites for hydroxylation is 1. The fourth-order valence-corrected chi connectivity index (χ4v) is 3.06. The molecule has 8 heteroatoms. The summed E-state index contributed by atoms with van der Waals surface area (Å²) in [5.74, 6) is 0. The second kappa shape index (κ2) is 7.98. The third-order valence-electron chi connectivity index (χ3n) is 4.59. The SMILES string of the molecule is Cc1nn(-c2ccccc2)c(C)c1NC(=O)NC(C)c1cccc(C(F)(F)F)c1. The fourth-order valence-electron chi connectivity index (χ4n) is 3.06. The highest BCUT2D eigenvalue weighted by Gasteiger charge is 2.30. The topological polar surface area (TPSA) is 59.0 Å². The molecular formula is C21H21F3N4O. The minimum absolute atomic E-state index is 0.364. The summed E-state index contributed by atoms with van der Waals surface area (Å²) in [6, 6.07) is 13.3. The quantitative estimate of drug-likeness (QED) is 0.615. The number of benzene rings is 2. The molecule has 5 nitrogen and oxygen atoms in total. The first kappa shape index (κ1) is 20.4. The Morgan fingerprint density at radius 2 is 1.76 bits per heavy atom. The lowest BCUT2D eigenvalue weighted by molar-refractivity contribution is -0.137. The number of amides is 2. The summed E-state index contributed by atoms with van der Waals surface area (Å²) in [5, 5.41) is 9.89. The van der Waals surface area contributed by atoms with E-state index in [1.54, 1.807) is 24.6 Å². The van der Waals surface area contributed by atoms with Crippen molar-refractivity contribution in [1.82, 2.24) is 15.1 Å². The number of rotatable bonds is 4. The van der Waals surface area contributed by atoms with Gasteiger partial charge in [0.25, 0.3) is 0 Å². The second-order valence-electron chi connectivity index (χ2n) is 6.74. The van der Waals surface area contributed by atoms with E-state index in [-0.39, 0.29) is 0 Å². The first-order valence-corrected chi connectivity index (χ1v) is 9.03. The highest BCUT2D eigenvalue weighted by Crippen LogP contribution is 2.30. The Balaban J connectivity index is 1.74. The Bertz CT molecular complexity index is 1010. The molecule has 0 aliphatic rings. The van der Waals surface area contributed by atoms with E-state index >= 15 is 0 Å². The van der Waals surface area contributed by atoms with Gasteiger partial charge in [-0.3, -0.25) is 0 Å². The summed E-state index contributed by atoms with van der Waals surface area (Å²) in [5.41, 5.74) is 2.41. The molecule has 2 N–H and O–H groups in total. The Hall–Kier alpha value is -3.29. The van der Waals surface area contributed by atoms with Gasteiger partial charge in [0.1, 0.15) is 0 Å². The molecule has 1 aromatic heterocycles. The van der Waals surface area contributed by atoms with Crippen LogP contribution in [-0.4, -0.2) is 15.8 Å². The largest absolute Gasteiger partial charge is 0.416 e. The highest BCUT2D eigenvalue weighted by molar-refractivity contribution is 5.90. The number of hydrogen-bond donors (Lipinski definition) is 2. The number of nitrogens with one attached hydrogen (secondary N) is 2. The zero-order valence-electron chi connectivity index (χ0n) is 16.2. The van der Waals surface area contributed by atoms with Gasteiger partial charge in [-0.2, -0.15) is 18.3 Å². The second-order valence-corrected chi connectivity index (χ2v) is 6.74. The fraction of sp³-hybridized carbons (Fsp3) is 0.238. The number of carbonyl (C=O) groups is 1. The molecule has 0 radical (unpaired) electrons. The Morgan fingerprint density at radius 1 is 1.07 bits per heavy atom. The van der Waals surface area contributed by atoms with E-state index < -0.39 is 23.8 Å². The van der Waals surface area contributed by atoms with E-state index in [1.807, 2.05) is 37.3 Å². The molecule has 0 aliphatic carbocycles. The number of anilines is 1. The van der Waals surface area contributed by atoms with Crippen molar-refractivity contribution >= 4 is 11.7 Å². The highest BCUT2D eigenvalue weighted by atomic mass is 19.4. The molecule has 3 aromatic rings. The van der Waals surface area contributed by atoms with Gasteiger partial charge in [-0.05, 0) is 50.6 Å². The molecule has 1 heterocycles. The van der Waals surface area contributed by atoms with Gasteiger partial charge in [0.2, 0.25) is 0 Å². The standard InChI is InChI=1S/C21H21F3N4O/c1-13(16-8-7-9-17(12-16)21(22,23)24)25-20(29)26-19-14(2)27-28(15(19)3)18-10-5-4-6-11-18/h4-13H,1-3H3,(H2,25,26,29). The van der Waals surface area contributed by atoms with Crippen LogP contribution in [0.5, 0.6) is 0 Å². The number of nitrogens with zero attached hydrogens (tertiary/aromatic N) is 2. The summed E-state index contributed by atoms with van der Waals surface area (Å²) < 4.78 is 40.4. The van der Waals surface area contributed by atoms with E-state index in [1.165, 1.54) is 6.07 Å². The van der Waals surface area contributed by atoms with Crippen molar-refractivity contribution in [3.8, 4) is 5.69 Å². The third-order valence-corrected chi connectivity index (χ3v) is 4.59. The van der Waals surface area contributed by atoms with E-state index in [4.69, 9.17) is 0 Å². The van der Waals surface area contributed by atoms with E-state index in [9.17, 15) is 18.0 Å². The van der Waals surface area contributed by atoms with Gasteiger partial charge in [-0.1, -0.05) is 30.3 Å². The third kappa shape index (κ3) is 4.59. The van der Waals surface area contributed by atoms with Crippen LogP contribution >= 0.6 is 0 Å². The molecule has 0 aliphatic heterocycles. The van der Waals surface area contributed by atoms with Crippen LogP contribution in [0.2, 0.25) is 0 Å². The number of aromatic nitrogens is 2. The van der Waals surface area contributed by atoms with Crippen molar-refractivity contribution in [1.29, 1.82) is 0 Å². The minimum Gasteiger partial charge on any atom is -0.331 e. The molecule has 0 bridgehead atoms. The van der Waals surface area contributed by atoms with Crippen molar-refractivity contribution in [3.63, 3.8) is 0 Å². The van der Waals surface area contributed by atoms with Crippen LogP contribution in [-0.2, 0) is 6.18 Å². The first-order valence-electron chi connectivity index (χ1n) is 9.03. The molecule has 3 rings (SSSR count). The van der Waals surface area contributed by atoms with Gasteiger partial charge < -0.3 is 10.6 Å². The Labute approximate surface area is 166 Å². The predicted octanol–water partition coefficient (Wildman–Crippen LogP) is 5.39. The normalized spacial score (nSPS) is 12.5.